The van der Waals surface area contributed by atoms with Crippen molar-refractivity contribution < 1.29 is 23.5 Å². The summed E-state index contributed by atoms with van der Waals surface area (Å²) < 4.78 is 18.6. The molecular formula is C18H18FNO4. The summed E-state index contributed by atoms with van der Waals surface area (Å²) >= 11 is 0. The van der Waals surface area contributed by atoms with Gasteiger partial charge < -0.3 is 14.4 Å². The number of carboxylic acid groups (broad SMARTS) is 1. The van der Waals surface area contributed by atoms with Crippen LogP contribution in [0, 0.1) is 5.82 Å². The van der Waals surface area contributed by atoms with Crippen LogP contribution in [-0.2, 0) is 16.0 Å². The maximum Gasteiger partial charge on any atom is 0.331 e. The van der Waals surface area contributed by atoms with E-state index in [0.29, 0.717) is 24.3 Å². The lowest BCUT2D eigenvalue weighted by Crippen LogP contribution is -2.43. The standard InChI is InChI=1S/C18H18FNO4/c1-11(12-3-2-4-13(19)10-12)9-16(21)20-7-5-15-14(6-8-24-15)17(20)18(22)23/h2-4,6,8,10-11,17H,5,7,9H2,1H3,(H,22,23). The summed E-state index contributed by atoms with van der Waals surface area (Å²) in [6.45, 7) is 2.13. The number of furan rings is 1. The molecule has 0 saturated carbocycles. The Morgan fingerprint density at radius 2 is 2.21 bits per heavy atom. The number of halogens is 1. The van der Waals surface area contributed by atoms with Crippen LogP contribution in [0.15, 0.2) is 41.0 Å². The summed E-state index contributed by atoms with van der Waals surface area (Å²) in [5.74, 6) is -1.27. The first-order valence-corrected chi connectivity index (χ1v) is 7.81. The maximum absolute atomic E-state index is 13.3. The molecule has 0 fully saturated rings. The topological polar surface area (TPSA) is 70.8 Å². The normalized spacial score (nSPS) is 18.1. The summed E-state index contributed by atoms with van der Waals surface area (Å²) in [7, 11) is 0. The first kappa shape index (κ1) is 16.2. The van der Waals surface area contributed by atoms with Crippen molar-refractivity contribution in [2.75, 3.05) is 6.54 Å². The number of fused-ring (bicyclic) bond motifs is 1. The fourth-order valence-corrected chi connectivity index (χ4v) is 3.16. The van der Waals surface area contributed by atoms with Crippen LogP contribution in [0.1, 0.15) is 42.2 Å². The third kappa shape index (κ3) is 3.04. The number of amides is 1. The first-order chi connectivity index (χ1) is 11.5. The van der Waals surface area contributed by atoms with Gasteiger partial charge in [-0.25, -0.2) is 9.18 Å². The molecule has 1 amide bonds. The molecule has 1 aliphatic heterocycles. The summed E-state index contributed by atoms with van der Waals surface area (Å²) in [5.41, 5.74) is 1.25. The molecule has 6 heteroatoms. The predicted octanol–water partition coefficient (Wildman–Crippen LogP) is 3.12. The SMILES string of the molecule is CC(CC(=O)N1CCc2occc2C1C(=O)O)c1cccc(F)c1. The van der Waals surface area contributed by atoms with Gasteiger partial charge in [-0.05, 0) is 29.7 Å². The molecule has 2 aromatic rings. The van der Waals surface area contributed by atoms with Crippen molar-refractivity contribution in [2.45, 2.75) is 31.7 Å². The second-order valence-electron chi connectivity index (χ2n) is 6.04. The molecule has 0 bridgehead atoms. The first-order valence-electron chi connectivity index (χ1n) is 7.81. The number of nitrogens with zero attached hydrogens (tertiary/aromatic N) is 1. The Labute approximate surface area is 138 Å². The minimum Gasteiger partial charge on any atom is -0.479 e. The third-order valence-corrected chi connectivity index (χ3v) is 4.42. The van der Waals surface area contributed by atoms with Gasteiger partial charge in [-0.1, -0.05) is 19.1 Å². The van der Waals surface area contributed by atoms with Gasteiger partial charge in [0.1, 0.15) is 11.6 Å². The number of rotatable bonds is 4. The van der Waals surface area contributed by atoms with E-state index >= 15 is 0 Å². The van der Waals surface area contributed by atoms with Crippen LogP contribution in [0.5, 0.6) is 0 Å². The summed E-state index contributed by atoms with van der Waals surface area (Å²) in [5, 5.41) is 9.53. The minimum atomic E-state index is -1.08. The second-order valence-corrected chi connectivity index (χ2v) is 6.04. The Balaban J connectivity index is 1.78. The highest BCUT2D eigenvalue weighted by Crippen LogP contribution is 2.32. The molecular weight excluding hydrogens is 313 g/mol. The highest BCUT2D eigenvalue weighted by Gasteiger charge is 2.37. The van der Waals surface area contributed by atoms with Gasteiger partial charge in [0.2, 0.25) is 5.91 Å². The van der Waals surface area contributed by atoms with Crippen LogP contribution in [0.3, 0.4) is 0 Å². The summed E-state index contributed by atoms with van der Waals surface area (Å²) in [4.78, 5) is 25.7. The van der Waals surface area contributed by atoms with Gasteiger partial charge in [0.15, 0.2) is 6.04 Å². The van der Waals surface area contributed by atoms with Crippen molar-refractivity contribution in [1.82, 2.24) is 4.90 Å². The number of hydrogen-bond acceptors (Lipinski definition) is 3. The van der Waals surface area contributed by atoms with Crippen LogP contribution < -0.4 is 0 Å². The fraction of sp³-hybridized carbons (Fsp3) is 0.333. The van der Waals surface area contributed by atoms with Gasteiger partial charge in [-0.2, -0.15) is 0 Å². The predicted molar refractivity (Wildman–Crippen MR) is 83.9 cm³/mol. The number of hydrogen-bond donors (Lipinski definition) is 1. The Bertz CT molecular complexity index is 770. The van der Waals surface area contributed by atoms with E-state index in [2.05, 4.69) is 0 Å². The Morgan fingerprint density at radius 3 is 2.92 bits per heavy atom. The van der Waals surface area contributed by atoms with Gasteiger partial charge in [0.05, 0.1) is 6.26 Å². The van der Waals surface area contributed by atoms with Gasteiger partial charge in [0, 0.05) is 24.9 Å². The van der Waals surface area contributed by atoms with Crippen LogP contribution in [0.2, 0.25) is 0 Å². The molecule has 0 radical (unpaired) electrons. The van der Waals surface area contributed by atoms with Gasteiger partial charge in [-0.3, -0.25) is 4.79 Å². The zero-order valence-corrected chi connectivity index (χ0v) is 13.2. The monoisotopic (exact) mass is 331 g/mol. The zero-order valence-electron chi connectivity index (χ0n) is 13.2. The molecule has 2 heterocycles. The summed E-state index contributed by atoms with van der Waals surface area (Å²) in [6, 6.07) is 6.69. The zero-order chi connectivity index (χ0) is 17.3. The molecule has 5 nitrogen and oxygen atoms in total. The lowest BCUT2D eigenvalue weighted by molar-refractivity contribution is -0.151. The van der Waals surface area contributed by atoms with Crippen molar-refractivity contribution in [3.05, 3.63) is 59.3 Å². The molecule has 126 valence electrons. The number of benzene rings is 1. The second kappa shape index (κ2) is 6.47. The molecule has 24 heavy (non-hydrogen) atoms. The fourth-order valence-electron chi connectivity index (χ4n) is 3.16. The van der Waals surface area contributed by atoms with E-state index in [1.807, 2.05) is 6.92 Å². The Hall–Kier alpha value is -2.63. The van der Waals surface area contributed by atoms with Crippen molar-refractivity contribution in [3.8, 4) is 0 Å². The van der Waals surface area contributed by atoms with Crippen LogP contribution in [0.25, 0.3) is 0 Å². The molecule has 3 rings (SSSR count). The van der Waals surface area contributed by atoms with Crippen molar-refractivity contribution in [2.24, 2.45) is 0 Å². The molecule has 0 spiro atoms. The number of carboxylic acids is 1. The van der Waals surface area contributed by atoms with Gasteiger partial charge in [0.25, 0.3) is 0 Å². The molecule has 0 saturated heterocycles. The smallest absolute Gasteiger partial charge is 0.331 e. The van der Waals surface area contributed by atoms with E-state index < -0.39 is 12.0 Å². The van der Waals surface area contributed by atoms with E-state index in [1.165, 1.54) is 23.3 Å². The molecule has 1 aromatic heterocycles. The number of carbonyl (C=O) groups excluding carboxylic acids is 1. The van der Waals surface area contributed by atoms with Gasteiger partial charge in [-0.15, -0.1) is 0 Å². The highest BCUT2D eigenvalue weighted by atomic mass is 19.1. The quantitative estimate of drug-likeness (QED) is 0.934. The van der Waals surface area contributed by atoms with Crippen LogP contribution in [0.4, 0.5) is 4.39 Å². The summed E-state index contributed by atoms with van der Waals surface area (Å²) in [6.07, 6.45) is 2.07. The lowest BCUT2D eigenvalue weighted by atomic mass is 9.94. The van der Waals surface area contributed by atoms with E-state index in [4.69, 9.17) is 4.42 Å². The largest absolute Gasteiger partial charge is 0.479 e. The average Bonchev–Trinajstić information content (AvgIpc) is 3.01. The third-order valence-electron chi connectivity index (χ3n) is 4.42. The van der Waals surface area contributed by atoms with Crippen molar-refractivity contribution in [3.63, 3.8) is 0 Å². The lowest BCUT2D eigenvalue weighted by Gasteiger charge is -2.33. The van der Waals surface area contributed by atoms with Gasteiger partial charge >= 0.3 is 5.97 Å². The molecule has 0 aliphatic carbocycles. The van der Waals surface area contributed by atoms with Crippen molar-refractivity contribution in [1.29, 1.82) is 0 Å². The number of aliphatic carboxylic acids is 1. The van der Waals surface area contributed by atoms with E-state index in [9.17, 15) is 19.1 Å². The van der Waals surface area contributed by atoms with E-state index in [1.54, 1.807) is 18.2 Å². The van der Waals surface area contributed by atoms with Crippen LogP contribution in [-0.4, -0.2) is 28.4 Å². The van der Waals surface area contributed by atoms with E-state index in [0.717, 1.165) is 5.56 Å². The van der Waals surface area contributed by atoms with Crippen molar-refractivity contribution >= 4 is 11.9 Å². The molecule has 1 aromatic carbocycles. The highest BCUT2D eigenvalue weighted by molar-refractivity contribution is 5.85. The molecule has 1 N–H and O–H groups in total. The average molecular weight is 331 g/mol. The Kier molecular flexibility index (Phi) is 4.38. The molecule has 2 unspecified atom stereocenters. The van der Waals surface area contributed by atoms with E-state index in [-0.39, 0.29) is 24.1 Å². The maximum atomic E-state index is 13.3. The molecule has 2 atom stereocenters. The minimum absolute atomic E-state index is 0.125. The number of carbonyl (C=O) groups is 2. The molecule has 1 aliphatic rings. The Morgan fingerprint density at radius 1 is 1.42 bits per heavy atom. The van der Waals surface area contributed by atoms with Crippen LogP contribution >= 0.6 is 0 Å².